The highest BCUT2D eigenvalue weighted by atomic mass is 35.5. The molecule has 3 saturated heterocycles. The van der Waals surface area contributed by atoms with E-state index in [1.165, 1.54) is 30.3 Å². The van der Waals surface area contributed by atoms with Crippen molar-refractivity contribution in [3.8, 4) is 11.5 Å². The predicted molar refractivity (Wildman–Crippen MR) is 107 cm³/mol. The number of non-ortho nitro benzene ring substituents is 1. The number of hydrogen-bond donors (Lipinski definition) is 0. The van der Waals surface area contributed by atoms with Crippen molar-refractivity contribution in [3.63, 3.8) is 0 Å². The highest BCUT2D eigenvalue weighted by molar-refractivity contribution is 6.35. The summed E-state index contributed by atoms with van der Waals surface area (Å²) in [5.74, 6) is -1.56. The molecular formula is C20H14Cl2N2O6. The van der Waals surface area contributed by atoms with Gasteiger partial charge in [-0.05, 0) is 31.0 Å². The van der Waals surface area contributed by atoms with Crippen LogP contribution in [0.15, 0.2) is 36.4 Å². The number of carbonyl (C=O) groups excluding carboxylic acids is 2. The van der Waals surface area contributed by atoms with E-state index in [9.17, 15) is 19.7 Å². The van der Waals surface area contributed by atoms with Crippen LogP contribution in [0.2, 0.25) is 10.0 Å². The Bertz CT molecular complexity index is 1080. The van der Waals surface area contributed by atoms with Crippen LogP contribution in [0.5, 0.6) is 11.5 Å². The van der Waals surface area contributed by atoms with Crippen molar-refractivity contribution in [2.45, 2.75) is 25.0 Å². The first kappa shape index (κ1) is 19.3. The molecule has 3 aliphatic heterocycles. The lowest BCUT2D eigenvalue weighted by molar-refractivity contribution is -0.384. The zero-order chi connectivity index (χ0) is 21.2. The maximum atomic E-state index is 13.0. The molecule has 3 fully saturated rings. The number of imide groups is 1. The van der Waals surface area contributed by atoms with E-state index in [4.69, 9.17) is 32.7 Å². The fraction of sp³-hybridized carbons (Fsp3) is 0.300. The third-order valence-electron chi connectivity index (χ3n) is 5.75. The maximum Gasteiger partial charge on any atom is 0.275 e. The van der Waals surface area contributed by atoms with E-state index in [1.807, 2.05) is 0 Å². The SMILES string of the molecule is O=C1[C@@H]2[C@@H](C(=O)N1c1cc(Oc3ccc(Cl)cc3Cl)cc([N+](=O)[O-])c1)[C@H]1CC[C@@H]2O1. The number of rotatable bonds is 4. The second-order valence-corrected chi connectivity index (χ2v) is 8.32. The maximum absolute atomic E-state index is 13.0. The Morgan fingerprint density at radius 3 is 2.30 bits per heavy atom. The molecule has 4 atom stereocenters. The van der Waals surface area contributed by atoms with Gasteiger partial charge in [-0.3, -0.25) is 19.7 Å². The lowest BCUT2D eigenvalue weighted by Crippen LogP contribution is -2.34. The quantitative estimate of drug-likeness (QED) is 0.391. The molecule has 2 bridgehead atoms. The number of nitrogens with zero attached hydrogens (tertiary/aromatic N) is 2. The number of halogens is 2. The summed E-state index contributed by atoms with van der Waals surface area (Å²) >= 11 is 12.0. The van der Waals surface area contributed by atoms with E-state index in [-0.39, 0.29) is 40.1 Å². The number of nitro groups is 1. The van der Waals surface area contributed by atoms with Gasteiger partial charge in [-0.2, -0.15) is 0 Å². The normalized spacial score (nSPS) is 26.9. The molecule has 3 heterocycles. The first-order valence-electron chi connectivity index (χ1n) is 9.29. The van der Waals surface area contributed by atoms with Crippen molar-refractivity contribution in [1.29, 1.82) is 0 Å². The van der Waals surface area contributed by atoms with E-state index >= 15 is 0 Å². The van der Waals surface area contributed by atoms with Crippen molar-refractivity contribution >= 4 is 46.4 Å². The van der Waals surface area contributed by atoms with E-state index in [1.54, 1.807) is 6.07 Å². The van der Waals surface area contributed by atoms with E-state index in [2.05, 4.69) is 0 Å². The zero-order valence-corrected chi connectivity index (χ0v) is 16.8. The highest BCUT2D eigenvalue weighted by Crippen LogP contribution is 2.50. The molecular weight excluding hydrogens is 435 g/mol. The number of ether oxygens (including phenoxy) is 2. The molecule has 0 aromatic heterocycles. The summed E-state index contributed by atoms with van der Waals surface area (Å²) in [6.07, 6.45) is 0.918. The number of hydrogen-bond acceptors (Lipinski definition) is 6. The first-order chi connectivity index (χ1) is 14.3. The van der Waals surface area contributed by atoms with Gasteiger partial charge in [0.15, 0.2) is 0 Å². The molecule has 0 N–H and O–H groups in total. The van der Waals surface area contributed by atoms with Gasteiger partial charge in [-0.25, -0.2) is 4.90 Å². The summed E-state index contributed by atoms with van der Waals surface area (Å²) in [5, 5.41) is 12.1. The number of nitro benzene ring substituents is 1. The molecule has 0 aliphatic carbocycles. The number of benzene rings is 2. The molecule has 10 heteroatoms. The average Bonchev–Trinajstić information content (AvgIpc) is 3.37. The lowest BCUT2D eigenvalue weighted by atomic mass is 9.81. The molecule has 0 radical (unpaired) electrons. The summed E-state index contributed by atoms with van der Waals surface area (Å²) in [6.45, 7) is 0. The zero-order valence-electron chi connectivity index (χ0n) is 15.3. The summed E-state index contributed by atoms with van der Waals surface area (Å²) in [6, 6.07) is 8.36. The number of carbonyl (C=O) groups is 2. The molecule has 30 heavy (non-hydrogen) atoms. The van der Waals surface area contributed by atoms with Gasteiger partial charge >= 0.3 is 0 Å². The second-order valence-electron chi connectivity index (χ2n) is 7.47. The molecule has 5 rings (SSSR count). The van der Waals surface area contributed by atoms with Crippen molar-refractivity contribution in [2.75, 3.05) is 4.90 Å². The fourth-order valence-corrected chi connectivity index (χ4v) is 4.96. The number of anilines is 1. The van der Waals surface area contributed by atoms with E-state index in [0.29, 0.717) is 5.02 Å². The standard InChI is InChI=1S/C20H14Cl2N2O6/c21-9-1-2-14(13(22)5-9)29-12-7-10(6-11(8-12)24(27)28)23-19(25)17-15-3-4-16(30-15)18(17)20(23)26/h1-2,5-8,15-18H,3-4H2/t15-,16+,17-,18-/m0/s1. The largest absolute Gasteiger partial charge is 0.455 e. The topological polar surface area (TPSA) is 99.0 Å². The summed E-state index contributed by atoms with van der Waals surface area (Å²) in [7, 11) is 0. The van der Waals surface area contributed by atoms with E-state index in [0.717, 1.165) is 17.7 Å². The van der Waals surface area contributed by atoms with Crippen LogP contribution < -0.4 is 9.64 Å². The molecule has 2 amide bonds. The van der Waals surface area contributed by atoms with Crippen LogP contribution >= 0.6 is 23.2 Å². The third kappa shape index (κ3) is 2.94. The Morgan fingerprint density at radius 2 is 1.70 bits per heavy atom. The molecule has 3 aliphatic rings. The fourth-order valence-electron chi connectivity index (χ4n) is 4.51. The van der Waals surface area contributed by atoms with Crippen molar-refractivity contribution < 1.29 is 24.0 Å². The van der Waals surface area contributed by atoms with Gasteiger partial charge in [0.25, 0.3) is 5.69 Å². The molecule has 154 valence electrons. The van der Waals surface area contributed by atoms with Gasteiger partial charge in [0, 0.05) is 17.2 Å². The summed E-state index contributed by atoms with van der Waals surface area (Å²) in [4.78, 5) is 37.9. The number of amides is 2. The van der Waals surface area contributed by atoms with Crippen molar-refractivity contribution in [2.24, 2.45) is 11.8 Å². The Morgan fingerprint density at radius 1 is 1.03 bits per heavy atom. The minimum Gasteiger partial charge on any atom is -0.455 e. The van der Waals surface area contributed by atoms with Crippen LogP contribution in [0.4, 0.5) is 11.4 Å². The molecule has 0 spiro atoms. The smallest absolute Gasteiger partial charge is 0.275 e. The van der Waals surface area contributed by atoms with E-state index < -0.39 is 28.6 Å². The van der Waals surface area contributed by atoms with Crippen LogP contribution in [-0.2, 0) is 14.3 Å². The van der Waals surface area contributed by atoms with Gasteiger partial charge in [-0.1, -0.05) is 23.2 Å². The minimum atomic E-state index is -0.613. The van der Waals surface area contributed by atoms with Crippen molar-refractivity contribution in [3.05, 3.63) is 56.6 Å². The predicted octanol–water partition coefficient (Wildman–Crippen LogP) is 4.36. The van der Waals surface area contributed by atoms with Gasteiger partial charge in [0.05, 0.1) is 45.7 Å². The number of fused-ring (bicyclic) bond motifs is 5. The molecule has 2 aromatic carbocycles. The molecule has 0 unspecified atom stereocenters. The van der Waals surface area contributed by atoms with Gasteiger partial charge < -0.3 is 9.47 Å². The van der Waals surface area contributed by atoms with Crippen LogP contribution in [0.3, 0.4) is 0 Å². The van der Waals surface area contributed by atoms with Gasteiger partial charge in [0.1, 0.15) is 11.5 Å². The molecule has 0 saturated carbocycles. The lowest BCUT2D eigenvalue weighted by Gasteiger charge is -2.18. The Kier molecular flexibility index (Phi) is 4.46. The first-order valence-corrected chi connectivity index (χ1v) is 10.0. The average molecular weight is 449 g/mol. The van der Waals surface area contributed by atoms with Crippen LogP contribution in [0.25, 0.3) is 0 Å². The highest BCUT2D eigenvalue weighted by Gasteiger charge is 2.62. The minimum absolute atomic E-state index is 0.0697. The Hall–Kier alpha value is -2.68. The molecule has 8 nitrogen and oxygen atoms in total. The third-order valence-corrected chi connectivity index (χ3v) is 6.28. The molecule has 2 aromatic rings. The Balaban J connectivity index is 1.53. The van der Waals surface area contributed by atoms with Crippen LogP contribution in [-0.4, -0.2) is 28.9 Å². The van der Waals surface area contributed by atoms with Crippen molar-refractivity contribution in [1.82, 2.24) is 0 Å². The van der Waals surface area contributed by atoms with Crippen LogP contribution in [0.1, 0.15) is 12.8 Å². The Labute approximate surface area is 180 Å². The monoisotopic (exact) mass is 448 g/mol. The van der Waals surface area contributed by atoms with Crippen LogP contribution in [0, 0.1) is 22.0 Å². The summed E-state index contributed by atoms with van der Waals surface area (Å²) < 4.78 is 11.4. The second kappa shape index (κ2) is 6.94. The summed E-state index contributed by atoms with van der Waals surface area (Å²) in [5.41, 5.74) is -0.224. The van der Waals surface area contributed by atoms with Gasteiger partial charge in [-0.15, -0.1) is 0 Å². The van der Waals surface area contributed by atoms with Gasteiger partial charge in [0.2, 0.25) is 11.8 Å².